The molecule has 20 heavy (non-hydrogen) atoms. The van der Waals surface area contributed by atoms with E-state index in [1.807, 2.05) is 0 Å². The van der Waals surface area contributed by atoms with Crippen LogP contribution in [0.1, 0.15) is 5.56 Å². The lowest BCUT2D eigenvalue weighted by Gasteiger charge is -2.10. The molecule has 0 aliphatic heterocycles. The molecular weight excluding hydrogens is 276 g/mol. The summed E-state index contributed by atoms with van der Waals surface area (Å²) in [5.74, 6) is -6.33. The van der Waals surface area contributed by atoms with Crippen molar-refractivity contribution >= 4 is 5.69 Å². The number of ether oxygens (including phenoxy) is 1. The van der Waals surface area contributed by atoms with Crippen molar-refractivity contribution in [3.63, 3.8) is 0 Å². The van der Waals surface area contributed by atoms with Crippen molar-refractivity contribution < 1.29 is 22.3 Å². The quantitative estimate of drug-likeness (QED) is 0.521. The zero-order chi connectivity index (χ0) is 14.9. The molecule has 2 aromatic carbocycles. The highest BCUT2D eigenvalue weighted by molar-refractivity contribution is 5.48. The third-order valence-electron chi connectivity index (χ3n) is 2.42. The summed E-state index contributed by atoms with van der Waals surface area (Å²) in [6.07, 6.45) is 0. The molecule has 0 unspecified atom stereocenters. The van der Waals surface area contributed by atoms with E-state index in [9.17, 15) is 17.6 Å². The molecule has 0 aromatic heterocycles. The highest BCUT2D eigenvalue weighted by atomic mass is 19.2. The van der Waals surface area contributed by atoms with Crippen LogP contribution < -0.4 is 10.5 Å². The zero-order valence-corrected chi connectivity index (χ0v) is 9.75. The summed E-state index contributed by atoms with van der Waals surface area (Å²) in [5, 5.41) is 8.63. The third-order valence-corrected chi connectivity index (χ3v) is 2.42. The number of hydrogen-bond donors (Lipinski definition) is 1. The minimum absolute atomic E-state index is 0.218. The number of rotatable bonds is 2. The Morgan fingerprint density at radius 2 is 1.70 bits per heavy atom. The van der Waals surface area contributed by atoms with Crippen molar-refractivity contribution in [3.05, 3.63) is 53.1 Å². The van der Waals surface area contributed by atoms with Crippen molar-refractivity contribution in [3.8, 4) is 17.6 Å². The van der Waals surface area contributed by atoms with Gasteiger partial charge in [-0.25, -0.2) is 13.2 Å². The highest BCUT2D eigenvalue weighted by Crippen LogP contribution is 2.32. The van der Waals surface area contributed by atoms with Gasteiger partial charge >= 0.3 is 0 Å². The normalized spacial score (nSPS) is 10.2. The van der Waals surface area contributed by atoms with E-state index in [1.165, 1.54) is 6.07 Å². The molecule has 0 spiro atoms. The van der Waals surface area contributed by atoms with E-state index in [2.05, 4.69) is 0 Å². The van der Waals surface area contributed by atoms with Crippen LogP contribution in [-0.2, 0) is 0 Å². The zero-order valence-electron chi connectivity index (χ0n) is 9.75. The summed E-state index contributed by atoms with van der Waals surface area (Å²) in [6, 6.07) is 4.96. The Morgan fingerprint density at radius 1 is 1.00 bits per heavy atom. The Bertz CT molecular complexity index is 725. The van der Waals surface area contributed by atoms with Gasteiger partial charge in [0, 0.05) is 12.1 Å². The monoisotopic (exact) mass is 282 g/mol. The first-order chi connectivity index (χ1) is 9.43. The summed E-state index contributed by atoms with van der Waals surface area (Å²) in [6.45, 7) is 0. The fourth-order valence-corrected chi connectivity index (χ4v) is 1.46. The minimum atomic E-state index is -1.61. The molecule has 0 saturated heterocycles. The molecule has 0 radical (unpaired) electrons. The predicted molar refractivity (Wildman–Crippen MR) is 61.9 cm³/mol. The van der Waals surface area contributed by atoms with Crippen molar-refractivity contribution in [1.29, 1.82) is 5.26 Å². The lowest BCUT2D eigenvalue weighted by Crippen LogP contribution is -2.01. The lowest BCUT2D eigenvalue weighted by molar-refractivity contribution is 0.387. The minimum Gasteiger partial charge on any atom is -0.451 e. The van der Waals surface area contributed by atoms with Crippen molar-refractivity contribution in [2.75, 3.05) is 5.73 Å². The van der Waals surface area contributed by atoms with Gasteiger partial charge in [0.05, 0.1) is 11.3 Å². The van der Waals surface area contributed by atoms with Gasteiger partial charge in [-0.15, -0.1) is 0 Å². The van der Waals surface area contributed by atoms with Crippen LogP contribution in [0, 0.1) is 34.6 Å². The van der Waals surface area contributed by atoms with Gasteiger partial charge in [0.15, 0.2) is 11.6 Å². The summed E-state index contributed by atoms with van der Waals surface area (Å²) >= 11 is 0. The highest BCUT2D eigenvalue weighted by Gasteiger charge is 2.20. The van der Waals surface area contributed by atoms with E-state index in [-0.39, 0.29) is 11.3 Å². The summed E-state index contributed by atoms with van der Waals surface area (Å²) in [4.78, 5) is 0. The van der Waals surface area contributed by atoms with Crippen LogP contribution in [0.15, 0.2) is 24.3 Å². The molecule has 0 atom stereocenters. The van der Waals surface area contributed by atoms with Crippen LogP contribution >= 0.6 is 0 Å². The maximum absolute atomic E-state index is 13.5. The van der Waals surface area contributed by atoms with E-state index in [0.717, 1.165) is 18.2 Å². The second-order valence-corrected chi connectivity index (χ2v) is 3.76. The molecule has 2 aromatic rings. The van der Waals surface area contributed by atoms with E-state index in [0.29, 0.717) is 6.07 Å². The first-order valence-corrected chi connectivity index (χ1v) is 5.24. The van der Waals surface area contributed by atoms with Gasteiger partial charge in [0.25, 0.3) is 0 Å². The van der Waals surface area contributed by atoms with Gasteiger partial charge in [-0.05, 0) is 12.1 Å². The fourth-order valence-electron chi connectivity index (χ4n) is 1.46. The number of benzene rings is 2. The van der Waals surface area contributed by atoms with E-state index < -0.39 is 34.7 Å². The van der Waals surface area contributed by atoms with Crippen molar-refractivity contribution in [1.82, 2.24) is 0 Å². The van der Waals surface area contributed by atoms with Crippen molar-refractivity contribution in [2.45, 2.75) is 0 Å². The molecule has 2 rings (SSSR count). The molecule has 0 bridgehead atoms. The smallest absolute Gasteiger partial charge is 0.206 e. The number of hydrogen-bond acceptors (Lipinski definition) is 3. The predicted octanol–water partition coefficient (Wildman–Crippen LogP) is 3.49. The molecular formula is C13H6F4N2O. The fraction of sp³-hybridized carbons (Fsp3) is 0. The molecule has 0 fully saturated rings. The first-order valence-electron chi connectivity index (χ1n) is 5.24. The summed E-state index contributed by atoms with van der Waals surface area (Å²) in [7, 11) is 0. The first kappa shape index (κ1) is 13.7. The van der Waals surface area contributed by atoms with Crippen molar-refractivity contribution in [2.24, 2.45) is 0 Å². The topological polar surface area (TPSA) is 59.0 Å². The average Bonchev–Trinajstić information content (AvgIpc) is 2.43. The van der Waals surface area contributed by atoms with Crippen LogP contribution in [0.25, 0.3) is 0 Å². The standard InChI is InChI=1S/C13H6F4N2O/c14-8-2-1-7(3-6(8)5-18)20-13-9(15)4-10(19)11(16)12(13)17/h1-4H,19H2. The Labute approximate surface area is 110 Å². The van der Waals surface area contributed by atoms with Crippen LogP contribution in [-0.4, -0.2) is 0 Å². The Balaban J connectivity index is 2.46. The van der Waals surface area contributed by atoms with Crippen LogP contribution in [0.3, 0.4) is 0 Å². The van der Waals surface area contributed by atoms with Crippen LogP contribution in [0.2, 0.25) is 0 Å². The Morgan fingerprint density at radius 3 is 2.35 bits per heavy atom. The molecule has 0 saturated carbocycles. The second kappa shape index (κ2) is 5.09. The summed E-state index contributed by atoms with van der Waals surface area (Å²) < 4.78 is 58.1. The van der Waals surface area contributed by atoms with E-state index >= 15 is 0 Å². The van der Waals surface area contributed by atoms with Crippen LogP contribution in [0.5, 0.6) is 11.5 Å². The molecule has 3 nitrogen and oxygen atoms in total. The maximum atomic E-state index is 13.5. The van der Waals surface area contributed by atoms with Gasteiger partial charge in [-0.3, -0.25) is 0 Å². The number of nitriles is 1. The molecule has 2 N–H and O–H groups in total. The number of anilines is 1. The van der Waals surface area contributed by atoms with E-state index in [4.69, 9.17) is 15.7 Å². The lowest BCUT2D eigenvalue weighted by atomic mass is 10.2. The van der Waals surface area contributed by atoms with Gasteiger partial charge in [-0.1, -0.05) is 0 Å². The van der Waals surface area contributed by atoms with Crippen LogP contribution in [0.4, 0.5) is 23.2 Å². The van der Waals surface area contributed by atoms with Gasteiger partial charge in [0.2, 0.25) is 11.6 Å². The maximum Gasteiger partial charge on any atom is 0.206 e. The van der Waals surface area contributed by atoms with Gasteiger partial charge in [0.1, 0.15) is 17.6 Å². The number of nitrogens with zero attached hydrogens (tertiary/aromatic N) is 1. The number of nitrogens with two attached hydrogens (primary N) is 1. The molecule has 0 aliphatic rings. The van der Waals surface area contributed by atoms with E-state index in [1.54, 1.807) is 0 Å². The third kappa shape index (κ3) is 2.36. The van der Waals surface area contributed by atoms with Gasteiger partial charge in [-0.2, -0.15) is 9.65 Å². The SMILES string of the molecule is N#Cc1cc(Oc2c(F)cc(N)c(F)c2F)ccc1F. The Kier molecular flexibility index (Phi) is 3.48. The summed E-state index contributed by atoms with van der Waals surface area (Å²) in [5.41, 5.74) is 3.97. The molecule has 0 heterocycles. The number of nitrogen functional groups attached to an aromatic ring is 1. The molecule has 0 aliphatic carbocycles. The molecule has 7 heteroatoms. The molecule has 102 valence electrons. The average molecular weight is 282 g/mol. The largest absolute Gasteiger partial charge is 0.451 e. The number of halogens is 4. The second-order valence-electron chi connectivity index (χ2n) is 3.76. The Hall–Kier alpha value is -2.75. The molecule has 0 amide bonds. The van der Waals surface area contributed by atoms with Gasteiger partial charge < -0.3 is 10.5 Å².